The molecule has 4 heterocycles. The molecule has 24 nitrogen and oxygen atoms in total. The van der Waals surface area contributed by atoms with Crippen molar-refractivity contribution >= 4 is 5.97 Å². The maximum absolute atomic E-state index is 12.4. The predicted octanol–water partition coefficient (Wildman–Crippen LogP) is -2.89. The Bertz CT molecular complexity index is 2130. The van der Waals surface area contributed by atoms with E-state index < -0.39 is 176 Å². The van der Waals surface area contributed by atoms with Crippen molar-refractivity contribution in [1.82, 2.24) is 0 Å². The molecule has 15 N–H and O–H groups in total. The van der Waals surface area contributed by atoms with Crippen molar-refractivity contribution < 1.29 is 119 Å². The molecule has 442 valence electrons. The van der Waals surface area contributed by atoms with Crippen LogP contribution in [0.2, 0.25) is 0 Å². The summed E-state index contributed by atoms with van der Waals surface area (Å²) in [6, 6.07) is 0. The van der Waals surface area contributed by atoms with Crippen molar-refractivity contribution in [1.29, 1.82) is 0 Å². The van der Waals surface area contributed by atoms with Crippen LogP contribution in [0.3, 0.4) is 0 Å². The molecule has 0 spiro atoms. The minimum Gasteiger partial charge on any atom is -0.479 e. The van der Waals surface area contributed by atoms with E-state index in [4.69, 9.17) is 37.9 Å². The number of carboxylic acid groups (broad SMARTS) is 1. The second-order valence-corrected chi connectivity index (χ2v) is 26.0. The third-order valence-electron chi connectivity index (χ3n) is 21.5. The van der Waals surface area contributed by atoms with Crippen molar-refractivity contribution in [2.75, 3.05) is 26.4 Å². The Morgan fingerprint density at radius 1 is 0.597 bits per heavy atom. The molecular weight excluding hydrogens is 1020 g/mol. The van der Waals surface area contributed by atoms with Crippen LogP contribution in [0, 0.1) is 50.2 Å². The number of aliphatic hydroxyl groups is 14. The minimum atomic E-state index is -2.04. The summed E-state index contributed by atoms with van der Waals surface area (Å²) in [5.74, 6) is -1.79. The van der Waals surface area contributed by atoms with Gasteiger partial charge < -0.3 is 114 Å². The molecule has 0 aromatic heterocycles. The zero-order valence-electron chi connectivity index (χ0n) is 44.9. The molecule has 4 aliphatic heterocycles. The normalized spacial score (nSPS) is 55.7. The van der Waals surface area contributed by atoms with Crippen LogP contribution in [0.5, 0.6) is 0 Å². The molecule has 24 heteroatoms. The fraction of sp³-hybridized carbons (Fsp3) is 0.943. The van der Waals surface area contributed by atoms with Gasteiger partial charge in [-0.15, -0.1) is 0 Å². The molecule has 0 aromatic carbocycles. The molecular formula is C53H86O24. The van der Waals surface area contributed by atoms with Crippen molar-refractivity contribution in [3.8, 4) is 0 Å². The van der Waals surface area contributed by atoms with E-state index >= 15 is 0 Å². The van der Waals surface area contributed by atoms with Crippen LogP contribution in [0.25, 0.3) is 0 Å². The fourth-order valence-electron chi connectivity index (χ4n) is 16.4. The average molecular weight is 1110 g/mol. The fourth-order valence-corrected chi connectivity index (χ4v) is 16.4. The van der Waals surface area contributed by atoms with E-state index in [9.17, 15) is 81.4 Å². The molecule has 9 rings (SSSR count). The summed E-state index contributed by atoms with van der Waals surface area (Å²) < 4.78 is 48.0. The first-order valence-electron chi connectivity index (χ1n) is 27.4. The molecule has 0 aromatic rings. The Kier molecular flexibility index (Phi) is 16.7. The highest BCUT2D eigenvalue weighted by atomic mass is 16.8. The third kappa shape index (κ3) is 9.50. The maximum Gasteiger partial charge on any atom is 0.335 e. The van der Waals surface area contributed by atoms with Gasteiger partial charge in [-0.1, -0.05) is 60.1 Å². The van der Waals surface area contributed by atoms with Crippen LogP contribution in [-0.2, 0) is 42.7 Å². The number of ether oxygens (including phenoxy) is 8. The van der Waals surface area contributed by atoms with Crippen LogP contribution in [-0.4, -0.2) is 244 Å². The lowest BCUT2D eigenvalue weighted by Crippen LogP contribution is -2.69. The molecule has 9 aliphatic rings. The van der Waals surface area contributed by atoms with Crippen molar-refractivity contribution in [2.24, 2.45) is 50.2 Å². The van der Waals surface area contributed by atoms with E-state index in [-0.39, 0.29) is 41.8 Å². The second-order valence-electron chi connectivity index (χ2n) is 26.0. The summed E-state index contributed by atoms with van der Waals surface area (Å²) in [5, 5.41) is 162. The lowest BCUT2D eigenvalue weighted by atomic mass is 9.33. The van der Waals surface area contributed by atoms with E-state index in [1.54, 1.807) is 0 Å². The first kappa shape index (κ1) is 59.9. The summed E-state index contributed by atoms with van der Waals surface area (Å²) in [6.07, 6.45) is -27.7. The highest BCUT2D eigenvalue weighted by Crippen LogP contribution is 2.76. The van der Waals surface area contributed by atoms with E-state index in [0.29, 0.717) is 44.9 Å². The van der Waals surface area contributed by atoms with Gasteiger partial charge in [-0.25, -0.2) is 4.79 Å². The van der Waals surface area contributed by atoms with Gasteiger partial charge >= 0.3 is 5.97 Å². The van der Waals surface area contributed by atoms with Gasteiger partial charge in [0.25, 0.3) is 0 Å². The smallest absolute Gasteiger partial charge is 0.335 e. The molecule has 8 fully saturated rings. The standard InChI is InChI=1S/C53H86O24/c1-48(2)16-22-21-8-9-27-50(4)12-11-28(73-47-40(34(63)33(62)39(75-47)43(68)69)76-46-36(65)32(61)30(59)25(18-55)72-46)51(5,20-56)26(50)10-13-53(27,7)52(21,6)15-14-49(22,3)42(41(48)67)77-44-37(66)38(23(57)19-70-44)74-45-35(64)31(60)29(58)24(17-54)71-45/h8,22-42,44-47,54-67H,9-20H2,1-7H3,(H,68,69)/t22-,23-,24+,25-,26+,27-,28+,29-,30+,31+,32+,33+,34+,35+,36-,37+,38-,39+,40+,41+,42-,44+,45+,46+,47-,49-,50+,51+,52-,53-/m1/s1. The lowest BCUT2D eigenvalue weighted by Gasteiger charge is -2.72. The summed E-state index contributed by atoms with van der Waals surface area (Å²) in [5.41, 5.74) is -2.17. The number of aliphatic carboxylic acids is 1. The lowest BCUT2D eigenvalue weighted by molar-refractivity contribution is -0.375. The Labute approximate surface area is 447 Å². The Morgan fingerprint density at radius 3 is 1.77 bits per heavy atom. The monoisotopic (exact) mass is 1110 g/mol. The largest absolute Gasteiger partial charge is 0.479 e. The molecule has 30 atom stereocenters. The quantitative estimate of drug-likeness (QED) is 0.0689. The molecule has 0 radical (unpaired) electrons. The molecule has 4 saturated heterocycles. The number of carboxylic acids is 1. The number of rotatable bonds is 12. The number of hydrogen-bond donors (Lipinski definition) is 15. The maximum atomic E-state index is 12.4. The number of carbonyl (C=O) groups is 1. The highest BCUT2D eigenvalue weighted by Gasteiger charge is 2.71. The van der Waals surface area contributed by atoms with Gasteiger partial charge in [0.15, 0.2) is 31.3 Å². The molecule has 0 amide bonds. The summed E-state index contributed by atoms with van der Waals surface area (Å²) in [4.78, 5) is 12.4. The number of aliphatic hydroxyl groups excluding tert-OH is 14. The summed E-state index contributed by atoms with van der Waals surface area (Å²) in [6.45, 7) is 12.8. The van der Waals surface area contributed by atoms with Crippen molar-refractivity contribution in [2.45, 2.75) is 235 Å². The predicted molar refractivity (Wildman–Crippen MR) is 260 cm³/mol. The van der Waals surface area contributed by atoms with Gasteiger partial charge in [0.05, 0.1) is 44.7 Å². The van der Waals surface area contributed by atoms with Crippen molar-refractivity contribution in [3.63, 3.8) is 0 Å². The van der Waals surface area contributed by atoms with Crippen molar-refractivity contribution in [3.05, 3.63) is 11.6 Å². The number of allylic oxidation sites excluding steroid dienone is 2. The highest BCUT2D eigenvalue weighted by molar-refractivity contribution is 5.73. The SMILES string of the molecule is CC1(C)C[C@@H]2C3=CC[C@@H]4[C@@]5(C)CC[C@H](O[C@@H]6O[C@H](C(=O)O)[C@@H](O)[C@H](O)[C@@H]6O[C@@H]6O[C@H](CO)[C@H](O)[C@H](O)[C@H]6O)[C@@](C)(CO)[C@H]5CC[C@@]4(C)[C@]3(C)CC[C@@]2(C)[C@H](O[C@@H]2OC[C@@H](O)[C@@H](O[C@@H]3O[C@@H](CO)[C@@H](O)[C@H](O)[C@@H]3O)[C@@H]2O)[C@@H]1O. The second kappa shape index (κ2) is 21.5. The molecule has 4 saturated carbocycles. The van der Waals surface area contributed by atoms with E-state index in [0.717, 1.165) is 6.42 Å². The first-order valence-corrected chi connectivity index (χ1v) is 27.4. The summed E-state index contributed by atoms with van der Waals surface area (Å²) >= 11 is 0. The Balaban J connectivity index is 0.955. The van der Waals surface area contributed by atoms with E-state index in [1.807, 2.05) is 20.8 Å². The van der Waals surface area contributed by atoms with Gasteiger partial charge in [-0.2, -0.15) is 0 Å². The van der Waals surface area contributed by atoms with E-state index in [2.05, 4.69) is 33.8 Å². The molecule has 0 bridgehead atoms. The van der Waals surface area contributed by atoms with E-state index in [1.165, 1.54) is 5.57 Å². The topological polar surface area (TPSA) is 394 Å². The van der Waals surface area contributed by atoms with Crippen LogP contribution in [0.4, 0.5) is 0 Å². The molecule has 0 unspecified atom stereocenters. The van der Waals surface area contributed by atoms with Crippen LogP contribution < -0.4 is 0 Å². The number of fused-ring (bicyclic) bond motifs is 7. The van der Waals surface area contributed by atoms with Crippen LogP contribution >= 0.6 is 0 Å². The average Bonchev–Trinajstić information content (AvgIpc) is 3.45. The number of hydrogen-bond acceptors (Lipinski definition) is 23. The molecule has 5 aliphatic carbocycles. The summed E-state index contributed by atoms with van der Waals surface area (Å²) in [7, 11) is 0. The molecule has 77 heavy (non-hydrogen) atoms. The minimum absolute atomic E-state index is 0.0901. The van der Waals surface area contributed by atoms with Crippen LogP contribution in [0.15, 0.2) is 11.6 Å². The van der Waals surface area contributed by atoms with Gasteiger partial charge in [0.2, 0.25) is 0 Å². The van der Waals surface area contributed by atoms with Gasteiger partial charge in [0, 0.05) is 10.8 Å². The zero-order chi connectivity index (χ0) is 56.4. The van der Waals surface area contributed by atoms with Gasteiger partial charge in [-0.3, -0.25) is 0 Å². The third-order valence-corrected chi connectivity index (χ3v) is 21.5. The van der Waals surface area contributed by atoms with Crippen LogP contribution in [0.1, 0.15) is 99.8 Å². The zero-order valence-corrected chi connectivity index (χ0v) is 44.9. The first-order chi connectivity index (χ1) is 36.0. The Morgan fingerprint density at radius 2 is 1.19 bits per heavy atom. The van der Waals surface area contributed by atoms with Gasteiger partial charge in [-0.05, 0) is 90.8 Å². The Hall–Kier alpha value is -1.67. The van der Waals surface area contributed by atoms with Gasteiger partial charge in [0.1, 0.15) is 85.5 Å².